The minimum Gasteiger partial charge on any atom is -0.496 e. The first kappa shape index (κ1) is 15.0. The van der Waals surface area contributed by atoms with E-state index in [0.717, 1.165) is 5.56 Å². The van der Waals surface area contributed by atoms with Crippen molar-refractivity contribution in [3.63, 3.8) is 0 Å². The van der Waals surface area contributed by atoms with Crippen LogP contribution >= 0.6 is 0 Å². The third-order valence-corrected chi connectivity index (χ3v) is 3.43. The fourth-order valence-corrected chi connectivity index (χ4v) is 2.39. The molecule has 3 aromatic rings. The van der Waals surface area contributed by atoms with Crippen LogP contribution in [0.5, 0.6) is 5.75 Å². The number of para-hydroxylation sites is 1. The number of carbonyl (C=O) groups excluding carboxylic acids is 1. The van der Waals surface area contributed by atoms with Crippen molar-refractivity contribution in [3.05, 3.63) is 42.2 Å². The molecule has 0 atom stereocenters. The first-order valence-corrected chi connectivity index (χ1v) is 7.38. The lowest BCUT2D eigenvalue weighted by Crippen LogP contribution is -2.29. The van der Waals surface area contributed by atoms with Gasteiger partial charge in [-0.1, -0.05) is 12.1 Å². The summed E-state index contributed by atoms with van der Waals surface area (Å²) < 4.78 is 5.37. The second-order valence-corrected chi connectivity index (χ2v) is 5.48. The number of rotatable bonds is 4. The van der Waals surface area contributed by atoms with Crippen molar-refractivity contribution in [2.24, 2.45) is 0 Å². The van der Waals surface area contributed by atoms with Crippen molar-refractivity contribution in [1.82, 2.24) is 20.3 Å². The van der Waals surface area contributed by atoms with Gasteiger partial charge in [0.25, 0.3) is 5.91 Å². The fourth-order valence-electron chi connectivity index (χ4n) is 2.39. The predicted octanol–water partition coefficient (Wildman–Crippen LogP) is 2.77. The second-order valence-electron chi connectivity index (χ2n) is 5.48. The molecule has 0 spiro atoms. The molecule has 6 nitrogen and oxygen atoms in total. The molecule has 0 aliphatic heterocycles. The molecule has 3 rings (SSSR count). The number of benzene rings is 1. The van der Waals surface area contributed by atoms with E-state index in [-0.39, 0.29) is 11.9 Å². The van der Waals surface area contributed by atoms with Crippen LogP contribution in [0.4, 0.5) is 0 Å². The van der Waals surface area contributed by atoms with Crippen LogP contribution in [0, 0.1) is 0 Å². The van der Waals surface area contributed by atoms with Gasteiger partial charge in [-0.2, -0.15) is 0 Å². The van der Waals surface area contributed by atoms with Crippen LogP contribution in [0.25, 0.3) is 22.4 Å². The number of methoxy groups -OCH3 is 1. The number of hydrogen-bond acceptors (Lipinski definition) is 4. The van der Waals surface area contributed by atoms with Gasteiger partial charge in [0.2, 0.25) is 0 Å². The number of H-pyrrole nitrogens is 1. The van der Waals surface area contributed by atoms with E-state index in [1.807, 2.05) is 38.1 Å². The van der Waals surface area contributed by atoms with Gasteiger partial charge in [0, 0.05) is 17.8 Å². The Balaban J connectivity index is 2.09. The van der Waals surface area contributed by atoms with Gasteiger partial charge < -0.3 is 15.0 Å². The van der Waals surface area contributed by atoms with E-state index in [1.54, 1.807) is 19.5 Å². The Kier molecular flexibility index (Phi) is 3.97. The summed E-state index contributed by atoms with van der Waals surface area (Å²) in [6, 6.07) is 7.64. The summed E-state index contributed by atoms with van der Waals surface area (Å²) in [6.45, 7) is 3.83. The molecule has 23 heavy (non-hydrogen) atoms. The summed E-state index contributed by atoms with van der Waals surface area (Å²) in [5.74, 6) is 0.544. The van der Waals surface area contributed by atoms with Crippen molar-refractivity contribution in [2.45, 2.75) is 19.9 Å². The second kappa shape index (κ2) is 6.08. The van der Waals surface area contributed by atoms with Crippen LogP contribution in [-0.2, 0) is 0 Å². The van der Waals surface area contributed by atoms with Gasteiger partial charge >= 0.3 is 0 Å². The highest BCUT2D eigenvalue weighted by Gasteiger charge is 2.16. The number of aromatic nitrogens is 3. The first-order chi connectivity index (χ1) is 11.1. The van der Waals surface area contributed by atoms with Crippen LogP contribution in [0.15, 0.2) is 36.7 Å². The van der Waals surface area contributed by atoms with Crippen LogP contribution < -0.4 is 10.1 Å². The highest BCUT2D eigenvalue weighted by Crippen LogP contribution is 2.29. The summed E-state index contributed by atoms with van der Waals surface area (Å²) >= 11 is 0. The Labute approximate surface area is 133 Å². The molecule has 0 bridgehead atoms. The van der Waals surface area contributed by atoms with Gasteiger partial charge in [-0.15, -0.1) is 0 Å². The highest BCUT2D eigenvalue weighted by atomic mass is 16.5. The smallest absolute Gasteiger partial charge is 0.255 e. The maximum absolute atomic E-state index is 12.3. The van der Waals surface area contributed by atoms with E-state index in [4.69, 9.17) is 4.74 Å². The average molecular weight is 310 g/mol. The first-order valence-electron chi connectivity index (χ1n) is 7.38. The molecule has 0 aliphatic rings. The third kappa shape index (κ3) is 2.88. The molecular formula is C17H18N4O2. The number of nitrogens with zero attached hydrogens (tertiary/aromatic N) is 2. The van der Waals surface area contributed by atoms with E-state index in [0.29, 0.717) is 28.2 Å². The molecule has 2 aromatic heterocycles. The summed E-state index contributed by atoms with van der Waals surface area (Å²) in [7, 11) is 1.61. The Morgan fingerprint density at radius 2 is 2.09 bits per heavy atom. The Bertz CT molecular complexity index is 855. The SMILES string of the molecule is COc1ccccc1-c1cnc2[nH]cc(C(=O)NC(C)C)c2n1. The average Bonchev–Trinajstić information content (AvgIpc) is 2.97. The van der Waals surface area contributed by atoms with Crippen LogP contribution in [0.3, 0.4) is 0 Å². The number of hydrogen-bond donors (Lipinski definition) is 2. The zero-order valence-electron chi connectivity index (χ0n) is 13.3. The van der Waals surface area contributed by atoms with E-state index in [2.05, 4.69) is 20.3 Å². The minimum absolute atomic E-state index is 0.0535. The van der Waals surface area contributed by atoms with E-state index in [1.165, 1.54) is 0 Å². The summed E-state index contributed by atoms with van der Waals surface area (Å²) in [4.78, 5) is 24.2. The number of aromatic amines is 1. The largest absolute Gasteiger partial charge is 0.496 e. The van der Waals surface area contributed by atoms with E-state index in [9.17, 15) is 4.79 Å². The fraction of sp³-hybridized carbons (Fsp3) is 0.235. The number of nitrogens with one attached hydrogen (secondary N) is 2. The van der Waals surface area contributed by atoms with E-state index < -0.39 is 0 Å². The Morgan fingerprint density at radius 3 is 2.83 bits per heavy atom. The monoisotopic (exact) mass is 310 g/mol. The molecule has 0 saturated heterocycles. The van der Waals surface area contributed by atoms with Gasteiger partial charge in [-0.3, -0.25) is 4.79 Å². The van der Waals surface area contributed by atoms with Crippen molar-refractivity contribution in [1.29, 1.82) is 0 Å². The normalized spacial score (nSPS) is 11.0. The molecule has 2 N–H and O–H groups in total. The molecule has 1 amide bonds. The van der Waals surface area contributed by atoms with Crippen LogP contribution in [0.2, 0.25) is 0 Å². The maximum Gasteiger partial charge on any atom is 0.255 e. The third-order valence-electron chi connectivity index (χ3n) is 3.43. The number of amides is 1. The lowest BCUT2D eigenvalue weighted by atomic mass is 10.1. The number of ether oxygens (including phenoxy) is 1. The molecule has 0 radical (unpaired) electrons. The van der Waals surface area contributed by atoms with Gasteiger partial charge in [0.15, 0.2) is 5.65 Å². The van der Waals surface area contributed by atoms with Gasteiger partial charge in [-0.25, -0.2) is 9.97 Å². The molecular weight excluding hydrogens is 292 g/mol. The van der Waals surface area contributed by atoms with Crippen molar-refractivity contribution >= 4 is 17.1 Å². The Hall–Kier alpha value is -2.89. The molecule has 118 valence electrons. The Morgan fingerprint density at radius 1 is 1.30 bits per heavy atom. The quantitative estimate of drug-likeness (QED) is 0.776. The molecule has 1 aromatic carbocycles. The van der Waals surface area contributed by atoms with Crippen molar-refractivity contribution < 1.29 is 9.53 Å². The van der Waals surface area contributed by atoms with Gasteiger partial charge in [-0.05, 0) is 26.0 Å². The zero-order chi connectivity index (χ0) is 16.4. The summed E-state index contributed by atoms with van der Waals surface area (Å²) in [6.07, 6.45) is 3.30. The topological polar surface area (TPSA) is 79.9 Å². The van der Waals surface area contributed by atoms with Crippen molar-refractivity contribution in [2.75, 3.05) is 7.11 Å². The van der Waals surface area contributed by atoms with E-state index >= 15 is 0 Å². The number of fused-ring (bicyclic) bond motifs is 1. The highest BCUT2D eigenvalue weighted by molar-refractivity contribution is 6.04. The standard InChI is InChI=1S/C17H18N4O2/c1-10(2)20-17(22)12-8-18-16-15(12)21-13(9-19-16)11-6-4-5-7-14(11)23-3/h4-10H,1-3H3,(H,18,19)(H,20,22). The van der Waals surface area contributed by atoms with Crippen LogP contribution in [-0.4, -0.2) is 34.0 Å². The summed E-state index contributed by atoms with van der Waals surface area (Å²) in [5.41, 5.74) is 3.11. The lowest BCUT2D eigenvalue weighted by molar-refractivity contribution is 0.0944. The van der Waals surface area contributed by atoms with Gasteiger partial charge in [0.1, 0.15) is 11.3 Å². The van der Waals surface area contributed by atoms with Gasteiger partial charge in [0.05, 0.1) is 24.6 Å². The molecule has 6 heteroatoms. The predicted molar refractivity (Wildman–Crippen MR) is 88.5 cm³/mol. The molecule has 0 aliphatic carbocycles. The zero-order valence-corrected chi connectivity index (χ0v) is 13.3. The molecule has 2 heterocycles. The lowest BCUT2D eigenvalue weighted by Gasteiger charge is -2.08. The molecule has 0 fully saturated rings. The molecule has 0 saturated carbocycles. The van der Waals surface area contributed by atoms with Crippen molar-refractivity contribution in [3.8, 4) is 17.0 Å². The minimum atomic E-state index is -0.169. The number of carbonyl (C=O) groups is 1. The summed E-state index contributed by atoms with van der Waals surface area (Å²) in [5, 5.41) is 2.87. The van der Waals surface area contributed by atoms with Crippen LogP contribution in [0.1, 0.15) is 24.2 Å². The molecule has 0 unspecified atom stereocenters. The maximum atomic E-state index is 12.3.